The number of thiol groups is 1. The molecule has 2 saturated heterocycles. The van der Waals surface area contributed by atoms with Crippen molar-refractivity contribution in [3.63, 3.8) is 0 Å². The van der Waals surface area contributed by atoms with Crippen molar-refractivity contribution in [3.8, 4) is 5.75 Å². The van der Waals surface area contributed by atoms with E-state index in [1.165, 1.54) is 48.5 Å². The van der Waals surface area contributed by atoms with Gasteiger partial charge in [0.2, 0.25) is 0 Å². The zero-order valence-corrected chi connectivity index (χ0v) is 22.6. The van der Waals surface area contributed by atoms with Gasteiger partial charge >= 0.3 is 0 Å². The minimum Gasteiger partial charge on any atom is -0.491 e. The van der Waals surface area contributed by atoms with Crippen molar-refractivity contribution >= 4 is 34.0 Å². The van der Waals surface area contributed by atoms with E-state index < -0.39 is 77.2 Å². The van der Waals surface area contributed by atoms with E-state index in [1.807, 2.05) is 0 Å². The number of aliphatic hydroxyl groups excluding tert-OH is 6. The molecule has 2 aromatic carbocycles. The lowest BCUT2D eigenvalue weighted by Gasteiger charge is -2.45. The molecule has 0 amide bonds. The van der Waals surface area contributed by atoms with Gasteiger partial charge in [-0.25, -0.2) is 8.42 Å². The summed E-state index contributed by atoms with van der Waals surface area (Å²) in [4.78, 5) is 0.0315. The molecule has 0 spiro atoms. The van der Waals surface area contributed by atoms with Gasteiger partial charge in [-0.15, -0.1) is 12.6 Å². The summed E-state index contributed by atoms with van der Waals surface area (Å²) in [6, 6.07) is 11.6. The molecule has 10 atom stereocenters. The van der Waals surface area contributed by atoms with Crippen molar-refractivity contribution in [2.24, 2.45) is 0 Å². The Balaban J connectivity index is 1.42. The SMILES string of the molecule is Nc1ccc(S(=O)(=O)Nc2ccc(OC[C@H]3O[C@@H](S)[C@H](O)[C@@H](O)[C@@H]3O[C@@H]3O[C@H](CO)[C@@H](O)[C@H](O)[C@H]3O)cc2)cc1. The molecule has 2 aliphatic heterocycles. The summed E-state index contributed by atoms with van der Waals surface area (Å²) in [5, 5.41) is 60.7. The van der Waals surface area contributed by atoms with E-state index in [1.54, 1.807) is 0 Å². The quantitative estimate of drug-likeness (QED) is 0.112. The summed E-state index contributed by atoms with van der Waals surface area (Å²) in [5.41, 5.74) is 5.17. The molecular weight excluding hydrogens is 572 g/mol. The molecular formula is C24H32N2O12S2. The Labute approximate surface area is 235 Å². The standard InChI is InChI=1S/C24H32N2O12S2/c25-11-1-7-14(8-2-11)40(33,34)26-12-3-5-13(6-4-12)35-10-16-22(19(30)21(32)24(39)37-16)38-23-20(31)18(29)17(28)15(9-27)36-23/h1-8,15-24,26-32,39H,9-10,25H2/t15-,16-,17-,18+,19-,20-,21-,22-,23+,24+/m1/s1. The fraction of sp³-hybridized carbons (Fsp3) is 0.500. The lowest BCUT2D eigenvalue weighted by atomic mass is 9.97. The maximum atomic E-state index is 12.6. The molecule has 2 fully saturated rings. The van der Waals surface area contributed by atoms with Crippen molar-refractivity contribution in [2.45, 2.75) is 65.5 Å². The molecule has 2 heterocycles. The molecule has 16 heteroatoms. The van der Waals surface area contributed by atoms with E-state index in [9.17, 15) is 39.1 Å². The first-order valence-corrected chi connectivity index (χ1v) is 14.2. The fourth-order valence-electron chi connectivity index (χ4n) is 4.22. The molecule has 4 rings (SSSR count). The van der Waals surface area contributed by atoms with E-state index in [-0.39, 0.29) is 17.2 Å². The molecule has 0 aliphatic carbocycles. The lowest BCUT2D eigenvalue weighted by molar-refractivity contribution is -0.337. The zero-order valence-electron chi connectivity index (χ0n) is 20.9. The summed E-state index contributed by atoms with van der Waals surface area (Å²) in [6.07, 6.45) is -13.4. The van der Waals surface area contributed by atoms with E-state index in [0.29, 0.717) is 11.4 Å². The zero-order chi connectivity index (χ0) is 29.2. The predicted molar refractivity (Wildman–Crippen MR) is 142 cm³/mol. The van der Waals surface area contributed by atoms with Gasteiger partial charge in [0.25, 0.3) is 10.0 Å². The maximum Gasteiger partial charge on any atom is 0.261 e. The van der Waals surface area contributed by atoms with E-state index in [2.05, 4.69) is 17.4 Å². The second-order valence-electron chi connectivity index (χ2n) is 9.35. The monoisotopic (exact) mass is 604 g/mol. The number of nitrogens with one attached hydrogen (secondary N) is 1. The highest BCUT2D eigenvalue weighted by Gasteiger charge is 2.50. The predicted octanol–water partition coefficient (Wildman–Crippen LogP) is -1.99. The van der Waals surface area contributed by atoms with Crippen LogP contribution >= 0.6 is 12.6 Å². The highest BCUT2D eigenvalue weighted by molar-refractivity contribution is 7.92. The number of benzene rings is 2. The first-order valence-electron chi connectivity index (χ1n) is 12.2. The smallest absolute Gasteiger partial charge is 0.261 e. The van der Waals surface area contributed by atoms with Gasteiger partial charge in [-0.2, -0.15) is 0 Å². The van der Waals surface area contributed by atoms with Gasteiger partial charge in [-0.3, -0.25) is 4.72 Å². The van der Waals surface area contributed by atoms with Gasteiger partial charge in [-0.1, -0.05) is 0 Å². The van der Waals surface area contributed by atoms with Gasteiger partial charge in [-0.05, 0) is 48.5 Å². The van der Waals surface area contributed by atoms with Crippen LogP contribution in [0.2, 0.25) is 0 Å². The summed E-state index contributed by atoms with van der Waals surface area (Å²) in [6.45, 7) is -0.937. The van der Waals surface area contributed by atoms with E-state index >= 15 is 0 Å². The molecule has 0 bridgehead atoms. The second kappa shape index (κ2) is 12.7. The Bertz CT molecular complexity index is 1220. The van der Waals surface area contributed by atoms with Crippen LogP contribution in [0.1, 0.15) is 0 Å². The molecule has 40 heavy (non-hydrogen) atoms. The van der Waals surface area contributed by atoms with Crippen LogP contribution in [0, 0.1) is 0 Å². The van der Waals surface area contributed by atoms with Crippen molar-refractivity contribution in [3.05, 3.63) is 48.5 Å². The number of nitrogens with two attached hydrogens (primary N) is 1. The van der Waals surface area contributed by atoms with Crippen molar-refractivity contribution < 1.29 is 58.0 Å². The van der Waals surface area contributed by atoms with Crippen LogP contribution in [0.4, 0.5) is 11.4 Å². The van der Waals surface area contributed by atoms with Crippen molar-refractivity contribution in [1.82, 2.24) is 0 Å². The molecule has 2 aliphatic rings. The van der Waals surface area contributed by atoms with E-state index in [4.69, 9.17) is 24.7 Å². The average Bonchev–Trinajstić information content (AvgIpc) is 2.93. The van der Waals surface area contributed by atoms with Gasteiger partial charge in [0.1, 0.15) is 66.6 Å². The third kappa shape index (κ3) is 6.80. The number of hydrogen-bond donors (Lipinski definition) is 9. The van der Waals surface area contributed by atoms with Gasteiger partial charge in [0.15, 0.2) is 6.29 Å². The first-order chi connectivity index (χ1) is 18.9. The number of ether oxygens (including phenoxy) is 4. The van der Waals surface area contributed by atoms with Crippen LogP contribution in [-0.4, -0.2) is 113 Å². The van der Waals surface area contributed by atoms with Crippen molar-refractivity contribution in [2.75, 3.05) is 23.7 Å². The van der Waals surface area contributed by atoms with Crippen LogP contribution < -0.4 is 15.2 Å². The third-order valence-corrected chi connectivity index (χ3v) is 8.33. The summed E-state index contributed by atoms with van der Waals surface area (Å²) < 4.78 is 50.0. The third-order valence-electron chi connectivity index (χ3n) is 6.51. The molecule has 2 aromatic rings. The number of sulfonamides is 1. The number of anilines is 2. The molecule has 222 valence electrons. The summed E-state index contributed by atoms with van der Waals surface area (Å²) >= 11 is 4.12. The van der Waals surface area contributed by atoms with E-state index in [0.717, 1.165) is 0 Å². The van der Waals surface area contributed by atoms with Gasteiger partial charge in [0.05, 0.1) is 11.5 Å². The van der Waals surface area contributed by atoms with Crippen LogP contribution in [-0.2, 0) is 24.2 Å². The average molecular weight is 605 g/mol. The summed E-state index contributed by atoms with van der Waals surface area (Å²) in [5.74, 6) is 0.293. The number of nitrogen functional groups attached to an aromatic ring is 1. The Hall–Kier alpha value is -2.22. The molecule has 0 aromatic heterocycles. The molecule has 0 radical (unpaired) electrons. The molecule has 0 saturated carbocycles. The Morgan fingerprint density at radius 1 is 0.850 bits per heavy atom. The van der Waals surface area contributed by atoms with Crippen LogP contribution in [0.15, 0.2) is 53.4 Å². The number of rotatable bonds is 9. The first kappa shape index (κ1) is 30.7. The fourth-order valence-corrected chi connectivity index (χ4v) is 5.61. The minimum absolute atomic E-state index is 0.0315. The Kier molecular flexibility index (Phi) is 9.79. The topological polar surface area (TPSA) is 230 Å². The van der Waals surface area contributed by atoms with Crippen LogP contribution in [0.5, 0.6) is 5.75 Å². The van der Waals surface area contributed by atoms with Crippen LogP contribution in [0.3, 0.4) is 0 Å². The summed E-state index contributed by atoms with van der Waals surface area (Å²) in [7, 11) is -3.85. The minimum atomic E-state index is -3.85. The second-order valence-corrected chi connectivity index (χ2v) is 11.5. The Morgan fingerprint density at radius 2 is 1.50 bits per heavy atom. The number of hydrogen-bond acceptors (Lipinski definition) is 14. The maximum absolute atomic E-state index is 12.6. The van der Waals surface area contributed by atoms with Gasteiger partial charge < -0.3 is 55.3 Å². The number of aliphatic hydroxyl groups is 6. The van der Waals surface area contributed by atoms with Gasteiger partial charge in [0, 0.05) is 11.4 Å². The lowest BCUT2D eigenvalue weighted by Crippen LogP contribution is -2.64. The normalized spacial score (nSPS) is 34.8. The Morgan fingerprint density at radius 3 is 2.12 bits per heavy atom. The highest BCUT2D eigenvalue weighted by atomic mass is 32.2. The molecule has 14 nitrogen and oxygen atoms in total. The largest absolute Gasteiger partial charge is 0.491 e. The highest BCUT2D eigenvalue weighted by Crippen LogP contribution is 2.31. The van der Waals surface area contributed by atoms with Crippen LogP contribution in [0.25, 0.3) is 0 Å². The molecule has 0 unspecified atom stereocenters. The van der Waals surface area contributed by atoms with Crippen molar-refractivity contribution in [1.29, 1.82) is 0 Å². The molecule has 9 N–H and O–H groups in total.